The van der Waals surface area contributed by atoms with Gasteiger partial charge in [-0.05, 0) is 13.8 Å². The highest BCUT2D eigenvalue weighted by Gasteiger charge is 2.03. The lowest BCUT2D eigenvalue weighted by molar-refractivity contribution is 0.423. The molecule has 12 heavy (non-hydrogen) atoms. The Morgan fingerprint density at radius 2 is 2.25 bits per heavy atom. The largest absolute Gasteiger partial charge is 0.444 e. The predicted octanol–water partition coefficient (Wildman–Crippen LogP) is 1.35. The van der Waals surface area contributed by atoms with Crippen LogP contribution in [0.2, 0.25) is 0 Å². The minimum atomic E-state index is -0.362. The van der Waals surface area contributed by atoms with Crippen molar-refractivity contribution in [3.63, 3.8) is 0 Å². The molecule has 1 aromatic rings. The van der Waals surface area contributed by atoms with Gasteiger partial charge in [0.1, 0.15) is 12.4 Å². The number of alkyl halides is 1. The summed E-state index contributed by atoms with van der Waals surface area (Å²) >= 11 is 0. The lowest BCUT2D eigenvalue weighted by atomic mass is 10.4. The minimum absolute atomic E-state index is 0.348. The number of nitrogens with zero attached hydrogens (tertiary/aromatic N) is 1. The van der Waals surface area contributed by atoms with Crippen LogP contribution in [0, 0.1) is 13.8 Å². The van der Waals surface area contributed by atoms with Gasteiger partial charge in [-0.1, -0.05) is 0 Å². The molecule has 0 saturated heterocycles. The molecule has 0 aliphatic carbocycles. The zero-order valence-corrected chi connectivity index (χ0v) is 7.35. The van der Waals surface area contributed by atoms with Gasteiger partial charge < -0.3 is 9.73 Å². The summed E-state index contributed by atoms with van der Waals surface area (Å²) in [6.07, 6.45) is 0. The molecular formula is C8H13FN2O. The molecule has 0 bridgehead atoms. The fourth-order valence-electron chi connectivity index (χ4n) is 0.877. The van der Waals surface area contributed by atoms with E-state index in [1.807, 2.05) is 13.8 Å². The molecule has 0 saturated carbocycles. The van der Waals surface area contributed by atoms with Crippen LogP contribution in [0.5, 0.6) is 0 Å². The summed E-state index contributed by atoms with van der Waals surface area (Å²) in [5, 5.41) is 2.86. The lowest BCUT2D eigenvalue weighted by Gasteiger charge is -1.95. The summed E-state index contributed by atoms with van der Waals surface area (Å²) in [5.74, 6) is 1.45. The maximum Gasteiger partial charge on any atom is 0.208 e. The Morgan fingerprint density at radius 1 is 1.50 bits per heavy atom. The van der Waals surface area contributed by atoms with E-state index >= 15 is 0 Å². The molecule has 0 unspecified atom stereocenters. The molecule has 0 radical (unpaired) electrons. The molecule has 1 rings (SSSR count). The molecule has 0 spiro atoms. The Kier molecular flexibility index (Phi) is 3.22. The van der Waals surface area contributed by atoms with Crippen LogP contribution in [0.25, 0.3) is 0 Å². The second kappa shape index (κ2) is 4.21. The van der Waals surface area contributed by atoms with E-state index in [4.69, 9.17) is 4.42 Å². The molecule has 1 aromatic heterocycles. The third-order valence-corrected chi connectivity index (χ3v) is 1.62. The van der Waals surface area contributed by atoms with Crippen LogP contribution in [0.15, 0.2) is 4.42 Å². The van der Waals surface area contributed by atoms with Gasteiger partial charge in [0.2, 0.25) is 5.89 Å². The zero-order valence-electron chi connectivity index (χ0n) is 7.35. The van der Waals surface area contributed by atoms with E-state index in [1.54, 1.807) is 0 Å². The van der Waals surface area contributed by atoms with E-state index in [0.717, 1.165) is 11.5 Å². The van der Waals surface area contributed by atoms with Gasteiger partial charge in [-0.3, -0.25) is 0 Å². The molecule has 0 amide bonds. The van der Waals surface area contributed by atoms with Gasteiger partial charge in [0, 0.05) is 6.54 Å². The maximum absolute atomic E-state index is 11.7. The SMILES string of the molecule is Cc1nc(CNCCF)oc1C. The molecule has 68 valence electrons. The zero-order chi connectivity index (χ0) is 8.97. The maximum atomic E-state index is 11.7. The second-order valence-electron chi connectivity index (χ2n) is 2.61. The average Bonchev–Trinajstić information content (AvgIpc) is 2.32. The molecular weight excluding hydrogens is 159 g/mol. The van der Waals surface area contributed by atoms with E-state index in [-0.39, 0.29) is 6.67 Å². The van der Waals surface area contributed by atoms with Crippen LogP contribution in [0.1, 0.15) is 17.3 Å². The molecule has 0 fully saturated rings. The van der Waals surface area contributed by atoms with Crippen LogP contribution >= 0.6 is 0 Å². The van der Waals surface area contributed by atoms with Gasteiger partial charge in [0.15, 0.2) is 0 Å². The van der Waals surface area contributed by atoms with E-state index in [9.17, 15) is 4.39 Å². The van der Waals surface area contributed by atoms with E-state index < -0.39 is 0 Å². The van der Waals surface area contributed by atoms with Gasteiger partial charge in [0.25, 0.3) is 0 Å². The Morgan fingerprint density at radius 3 is 2.75 bits per heavy atom. The van der Waals surface area contributed by atoms with Crippen molar-refractivity contribution >= 4 is 0 Å². The van der Waals surface area contributed by atoms with Crippen LogP contribution in [0.4, 0.5) is 4.39 Å². The van der Waals surface area contributed by atoms with Gasteiger partial charge in [-0.25, -0.2) is 9.37 Å². The van der Waals surface area contributed by atoms with Gasteiger partial charge >= 0.3 is 0 Å². The van der Waals surface area contributed by atoms with Crippen molar-refractivity contribution in [2.24, 2.45) is 0 Å². The van der Waals surface area contributed by atoms with Crippen molar-refractivity contribution in [2.45, 2.75) is 20.4 Å². The minimum Gasteiger partial charge on any atom is -0.444 e. The van der Waals surface area contributed by atoms with Crippen molar-refractivity contribution < 1.29 is 8.81 Å². The molecule has 0 aliphatic rings. The van der Waals surface area contributed by atoms with Crippen molar-refractivity contribution in [3.05, 3.63) is 17.3 Å². The topological polar surface area (TPSA) is 38.1 Å². The van der Waals surface area contributed by atoms with Gasteiger partial charge in [-0.2, -0.15) is 0 Å². The first-order valence-corrected chi connectivity index (χ1v) is 3.93. The number of hydrogen-bond donors (Lipinski definition) is 1. The van der Waals surface area contributed by atoms with E-state index in [1.165, 1.54) is 0 Å². The Hall–Kier alpha value is -0.900. The van der Waals surface area contributed by atoms with Crippen molar-refractivity contribution in [3.8, 4) is 0 Å². The fraction of sp³-hybridized carbons (Fsp3) is 0.625. The molecule has 4 heteroatoms. The van der Waals surface area contributed by atoms with Crippen LogP contribution in [-0.2, 0) is 6.54 Å². The summed E-state index contributed by atoms with van der Waals surface area (Å²) in [7, 11) is 0. The van der Waals surface area contributed by atoms with Crippen molar-refractivity contribution in [1.29, 1.82) is 0 Å². The van der Waals surface area contributed by atoms with Crippen molar-refractivity contribution in [1.82, 2.24) is 10.3 Å². The lowest BCUT2D eigenvalue weighted by Crippen LogP contribution is -2.16. The Labute approximate surface area is 71.0 Å². The number of aromatic nitrogens is 1. The van der Waals surface area contributed by atoms with E-state index in [2.05, 4.69) is 10.3 Å². The fourth-order valence-corrected chi connectivity index (χ4v) is 0.877. The first kappa shape index (κ1) is 9.19. The van der Waals surface area contributed by atoms with Crippen molar-refractivity contribution in [2.75, 3.05) is 13.2 Å². The number of oxazole rings is 1. The summed E-state index contributed by atoms with van der Waals surface area (Å²) in [6.45, 7) is 4.23. The highest BCUT2D eigenvalue weighted by Crippen LogP contribution is 2.07. The molecule has 0 aliphatic heterocycles. The van der Waals surface area contributed by atoms with Gasteiger partial charge in [0.05, 0.1) is 12.2 Å². The van der Waals surface area contributed by atoms with Crippen LogP contribution < -0.4 is 5.32 Å². The number of nitrogens with one attached hydrogen (secondary N) is 1. The Bertz CT molecular complexity index is 228. The number of halogens is 1. The first-order chi connectivity index (χ1) is 5.74. The summed E-state index contributed by atoms with van der Waals surface area (Å²) in [6, 6.07) is 0. The highest BCUT2D eigenvalue weighted by molar-refractivity contribution is 5.04. The van der Waals surface area contributed by atoms with Gasteiger partial charge in [-0.15, -0.1) is 0 Å². The molecule has 0 atom stereocenters. The monoisotopic (exact) mass is 172 g/mol. The predicted molar refractivity (Wildman–Crippen MR) is 43.7 cm³/mol. The smallest absolute Gasteiger partial charge is 0.208 e. The molecule has 1 N–H and O–H groups in total. The third kappa shape index (κ3) is 2.30. The molecule has 0 aromatic carbocycles. The number of aryl methyl sites for hydroxylation is 2. The normalized spacial score (nSPS) is 10.6. The summed E-state index contributed by atoms with van der Waals surface area (Å²) < 4.78 is 16.9. The summed E-state index contributed by atoms with van der Waals surface area (Å²) in [4.78, 5) is 4.13. The quantitative estimate of drug-likeness (QED) is 0.697. The van der Waals surface area contributed by atoms with Crippen LogP contribution in [0.3, 0.4) is 0 Å². The number of rotatable bonds is 4. The van der Waals surface area contributed by atoms with Crippen LogP contribution in [-0.4, -0.2) is 18.2 Å². The summed E-state index contributed by atoms with van der Waals surface area (Å²) in [5.41, 5.74) is 0.895. The van der Waals surface area contributed by atoms with E-state index in [0.29, 0.717) is 19.0 Å². The average molecular weight is 172 g/mol. The molecule has 1 heterocycles. The standard InChI is InChI=1S/C8H13FN2O/c1-6-7(2)12-8(11-6)5-10-4-3-9/h10H,3-5H2,1-2H3. The Balaban J connectivity index is 2.42. The first-order valence-electron chi connectivity index (χ1n) is 3.93. The highest BCUT2D eigenvalue weighted by atomic mass is 19.1. The second-order valence-corrected chi connectivity index (χ2v) is 2.61. The third-order valence-electron chi connectivity index (χ3n) is 1.62. The number of hydrogen-bond acceptors (Lipinski definition) is 3. The molecule has 3 nitrogen and oxygen atoms in total.